The van der Waals surface area contributed by atoms with E-state index in [0.717, 1.165) is 21.2 Å². The molecule has 2 aromatic heterocycles. The van der Waals surface area contributed by atoms with Gasteiger partial charge in [0.15, 0.2) is 0 Å². The summed E-state index contributed by atoms with van der Waals surface area (Å²) in [6.07, 6.45) is 1.54. The third-order valence-corrected chi connectivity index (χ3v) is 5.33. The number of rotatable bonds is 5. The maximum Gasteiger partial charge on any atom is 0.259 e. The number of amides is 1. The van der Waals surface area contributed by atoms with Crippen molar-refractivity contribution in [3.05, 3.63) is 86.7 Å². The lowest BCUT2D eigenvalue weighted by atomic mass is 10.1. The average molecular weight is 479 g/mol. The molecule has 0 bridgehead atoms. The maximum atomic E-state index is 12.5. The zero-order chi connectivity index (χ0) is 22.0. The lowest BCUT2D eigenvalue weighted by Crippen LogP contribution is -2.27. The molecule has 0 saturated carbocycles. The summed E-state index contributed by atoms with van der Waals surface area (Å²) in [6, 6.07) is 16.4. The molecule has 8 heteroatoms. The molecule has 156 valence electrons. The number of aromatic nitrogens is 3. The first-order valence-electron chi connectivity index (χ1n) is 9.57. The normalized spacial score (nSPS) is 10.8. The zero-order valence-corrected chi connectivity index (χ0v) is 18.5. The summed E-state index contributed by atoms with van der Waals surface area (Å²) in [5.41, 5.74) is 3.92. The van der Waals surface area contributed by atoms with E-state index in [9.17, 15) is 9.59 Å². The van der Waals surface area contributed by atoms with Crippen LogP contribution < -0.4 is 10.9 Å². The van der Waals surface area contributed by atoms with Gasteiger partial charge in [-0.2, -0.15) is 4.98 Å². The van der Waals surface area contributed by atoms with Crippen LogP contribution in [-0.2, 0) is 11.3 Å². The van der Waals surface area contributed by atoms with Gasteiger partial charge in [0.05, 0.1) is 11.3 Å². The summed E-state index contributed by atoms with van der Waals surface area (Å²) in [6.45, 7) is 3.82. The molecule has 0 aliphatic carbocycles. The summed E-state index contributed by atoms with van der Waals surface area (Å²) in [7, 11) is 0. The summed E-state index contributed by atoms with van der Waals surface area (Å²) in [5, 5.41) is 6.83. The molecule has 0 saturated heterocycles. The van der Waals surface area contributed by atoms with E-state index in [1.165, 1.54) is 10.6 Å². The van der Waals surface area contributed by atoms with Crippen molar-refractivity contribution in [1.82, 2.24) is 14.7 Å². The lowest BCUT2D eigenvalue weighted by molar-refractivity contribution is -0.116. The Kier molecular flexibility index (Phi) is 5.81. The molecular weight excluding hydrogens is 460 g/mol. The number of aryl methyl sites for hydroxylation is 2. The number of halogens is 1. The first-order chi connectivity index (χ1) is 14.9. The van der Waals surface area contributed by atoms with Gasteiger partial charge in [-0.25, -0.2) is 0 Å². The Hall–Kier alpha value is -3.52. The van der Waals surface area contributed by atoms with Gasteiger partial charge in [-0.3, -0.25) is 9.59 Å². The molecule has 4 aromatic rings. The third-order valence-electron chi connectivity index (χ3n) is 4.68. The van der Waals surface area contributed by atoms with E-state index in [1.807, 2.05) is 56.3 Å². The van der Waals surface area contributed by atoms with Crippen molar-refractivity contribution in [2.75, 3.05) is 5.32 Å². The van der Waals surface area contributed by atoms with Gasteiger partial charge in [-0.15, -0.1) is 0 Å². The number of pyridine rings is 1. The Balaban J connectivity index is 1.54. The van der Waals surface area contributed by atoms with E-state index in [1.54, 1.807) is 12.3 Å². The fraction of sp³-hybridized carbons (Fsp3) is 0.130. The van der Waals surface area contributed by atoms with Crippen LogP contribution >= 0.6 is 15.9 Å². The number of hydrogen-bond donors (Lipinski definition) is 1. The number of anilines is 1. The third kappa shape index (κ3) is 4.80. The summed E-state index contributed by atoms with van der Waals surface area (Å²) < 4.78 is 7.46. The molecule has 7 nitrogen and oxygen atoms in total. The Morgan fingerprint density at radius 1 is 1.03 bits per heavy atom. The van der Waals surface area contributed by atoms with E-state index in [-0.39, 0.29) is 23.9 Å². The van der Waals surface area contributed by atoms with Gasteiger partial charge in [0.2, 0.25) is 11.7 Å². The average Bonchev–Trinajstić information content (AvgIpc) is 3.22. The molecule has 0 unspecified atom stereocenters. The van der Waals surface area contributed by atoms with Crippen molar-refractivity contribution in [2.24, 2.45) is 0 Å². The summed E-state index contributed by atoms with van der Waals surface area (Å²) >= 11 is 3.43. The van der Waals surface area contributed by atoms with Crippen molar-refractivity contribution < 1.29 is 9.32 Å². The highest BCUT2D eigenvalue weighted by molar-refractivity contribution is 9.10. The van der Waals surface area contributed by atoms with E-state index < -0.39 is 0 Å². The predicted molar refractivity (Wildman–Crippen MR) is 122 cm³/mol. The second kappa shape index (κ2) is 8.69. The van der Waals surface area contributed by atoms with Gasteiger partial charge in [0.1, 0.15) is 6.54 Å². The second-order valence-electron chi connectivity index (χ2n) is 7.20. The molecule has 4 rings (SSSR count). The van der Waals surface area contributed by atoms with Crippen LogP contribution in [0.2, 0.25) is 0 Å². The largest absolute Gasteiger partial charge is 0.334 e. The smallest absolute Gasteiger partial charge is 0.259 e. The van der Waals surface area contributed by atoms with E-state index in [2.05, 4.69) is 31.4 Å². The van der Waals surface area contributed by atoms with Crippen molar-refractivity contribution in [1.29, 1.82) is 0 Å². The Labute approximate surface area is 186 Å². The van der Waals surface area contributed by atoms with Gasteiger partial charge in [-0.1, -0.05) is 41.1 Å². The predicted octanol–water partition coefficient (Wildman–Crippen LogP) is 4.58. The molecule has 0 atom stereocenters. The lowest BCUT2D eigenvalue weighted by Gasteiger charge is -2.10. The van der Waals surface area contributed by atoms with Gasteiger partial charge >= 0.3 is 0 Å². The van der Waals surface area contributed by atoms with Crippen LogP contribution in [0.1, 0.15) is 11.1 Å². The SMILES string of the molecule is Cc1ccc(-c2noc(-c3ccc(=O)n(CC(=O)Nc4ccc(C)cc4Br)c3)n2)cc1. The molecule has 0 aliphatic heterocycles. The topological polar surface area (TPSA) is 90.0 Å². The number of nitrogens with zero attached hydrogens (tertiary/aromatic N) is 3. The second-order valence-corrected chi connectivity index (χ2v) is 8.06. The minimum absolute atomic E-state index is 0.147. The molecule has 1 N–H and O–H groups in total. The molecule has 0 fully saturated rings. The molecule has 2 heterocycles. The van der Waals surface area contributed by atoms with Crippen LogP contribution in [0, 0.1) is 13.8 Å². The molecule has 0 aliphatic rings. The van der Waals surface area contributed by atoms with E-state index >= 15 is 0 Å². The van der Waals surface area contributed by atoms with E-state index in [4.69, 9.17) is 4.52 Å². The molecular formula is C23H19BrN4O3. The minimum Gasteiger partial charge on any atom is -0.334 e. The van der Waals surface area contributed by atoms with Crippen LogP contribution in [0.4, 0.5) is 5.69 Å². The fourth-order valence-electron chi connectivity index (χ4n) is 3.01. The van der Waals surface area contributed by atoms with Gasteiger partial charge in [0, 0.05) is 22.3 Å². The van der Waals surface area contributed by atoms with Crippen LogP contribution in [-0.4, -0.2) is 20.6 Å². The van der Waals surface area contributed by atoms with Gasteiger partial charge in [0.25, 0.3) is 11.4 Å². The minimum atomic E-state index is -0.324. The van der Waals surface area contributed by atoms with Crippen molar-refractivity contribution in [3.8, 4) is 22.8 Å². The first-order valence-corrected chi connectivity index (χ1v) is 10.4. The molecule has 0 radical (unpaired) electrons. The summed E-state index contributed by atoms with van der Waals surface area (Å²) in [4.78, 5) is 29.2. The molecule has 31 heavy (non-hydrogen) atoms. The Morgan fingerprint density at radius 3 is 2.48 bits per heavy atom. The maximum absolute atomic E-state index is 12.5. The van der Waals surface area contributed by atoms with Gasteiger partial charge < -0.3 is 14.4 Å². The Morgan fingerprint density at radius 2 is 1.74 bits per heavy atom. The van der Waals surface area contributed by atoms with Crippen molar-refractivity contribution >= 4 is 27.5 Å². The quantitative estimate of drug-likeness (QED) is 0.453. The highest BCUT2D eigenvalue weighted by Crippen LogP contribution is 2.24. The van der Waals surface area contributed by atoms with Crippen molar-refractivity contribution in [2.45, 2.75) is 20.4 Å². The standard InChI is InChI=1S/C23H19BrN4O3/c1-14-3-6-16(7-4-14)22-26-23(31-27-22)17-8-10-21(30)28(12-17)13-20(29)25-19-9-5-15(2)11-18(19)24/h3-12H,13H2,1-2H3,(H,25,29). The molecule has 2 aromatic carbocycles. The highest BCUT2D eigenvalue weighted by atomic mass is 79.9. The number of carbonyl (C=O) groups is 1. The van der Waals surface area contributed by atoms with Crippen molar-refractivity contribution in [3.63, 3.8) is 0 Å². The number of carbonyl (C=O) groups excluding carboxylic acids is 1. The Bertz CT molecular complexity index is 1310. The number of nitrogens with one attached hydrogen (secondary N) is 1. The highest BCUT2D eigenvalue weighted by Gasteiger charge is 2.13. The van der Waals surface area contributed by atoms with Gasteiger partial charge in [-0.05, 0) is 53.5 Å². The van der Waals surface area contributed by atoms with E-state index in [0.29, 0.717) is 17.1 Å². The zero-order valence-electron chi connectivity index (χ0n) is 16.9. The summed E-state index contributed by atoms with van der Waals surface area (Å²) in [5.74, 6) is 0.399. The fourth-order valence-corrected chi connectivity index (χ4v) is 3.60. The van der Waals surface area contributed by atoms with Crippen LogP contribution in [0.15, 0.2) is 74.6 Å². The van der Waals surface area contributed by atoms with Crippen LogP contribution in [0.3, 0.4) is 0 Å². The van der Waals surface area contributed by atoms with Crippen LogP contribution in [0.25, 0.3) is 22.8 Å². The number of hydrogen-bond acceptors (Lipinski definition) is 5. The first kappa shape index (κ1) is 20.7. The van der Waals surface area contributed by atoms with Crippen LogP contribution in [0.5, 0.6) is 0 Å². The molecule has 1 amide bonds. The molecule has 0 spiro atoms. The monoisotopic (exact) mass is 478 g/mol. The number of benzene rings is 2.